The van der Waals surface area contributed by atoms with Crippen LogP contribution in [0.15, 0.2) is 36.4 Å². The summed E-state index contributed by atoms with van der Waals surface area (Å²) in [5, 5.41) is 17.7. The molecule has 0 spiro atoms. The lowest BCUT2D eigenvalue weighted by Crippen LogP contribution is -2.19. The number of nitrogens with one attached hydrogen (secondary N) is 2. The van der Waals surface area contributed by atoms with Crippen molar-refractivity contribution in [2.75, 3.05) is 10.6 Å². The maximum Gasteiger partial charge on any atom is 0.271 e. The molecule has 2 N–H and O–H groups in total. The quantitative estimate of drug-likeness (QED) is 0.428. The van der Waals surface area contributed by atoms with Crippen molar-refractivity contribution >= 4 is 69.2 Å². The van der Waals surface area contributed by atoms with E-state index < -0.39 is 4.92 Å². The van der Waals surface area contributed by atoms with Crippen molar-refractivity contribution in [2.24, 2.45) is 0 Å². The van der Waals surface area contributed by atoms with E-state index in [1.807, 2.05) is 0 Å². The zero-order valence-corrected chi connectivity index (χ0v) is 13.9. The van der Waals surface area contributed by atoms with Crippen LogP contribution in [0.4, 0.5) is 17.1 Å². The van der Waals surface area contributed by atoms with Crippen molar-refractivity contribution in [3.63, 3.8) is 0 Å². The number of thiocarbonyl (C=S) groups is 1. The average molecular weight is 377 g/mol. The van der Waals surface area contributed by atoms with E-state index in [2.05, 4.69) is 10.6 Å². The van der Waals surface area contributed by atoms with Gasteiger partial charge in [0.15, 0.2) is 5.11 Å². The molecule has 0 unspecified atom stereocenters. The van der Waals surface area contributed by atoms with Gasteiger partial charge < -0.3 is 10.6 Å². The summed E-state index contributed by atoms with van der Waals surface area (Å²) in [6, 6.07) is 8.94. The second kappa shape index (κ2) is 7.11. The summed E-state index contributed by atoms with van der Waals surface area (Å²) in [4.78, 5) is 10.1. The first-order valence-electron chi connectivity index (χ1n) is 5.83. The molecule has 0 saturated carbocycles. The van der Waals surface area contributed by atoms with Crippen LogP contribution in [0.3, 0.4) is 0 Å². The fourth-order valence-electron chi connectivity index (χ4n) is 1.63. The number of benzene rings is 2. The molecule has 0 radical (unpaired) electrons. The van der Waals surface area contributed by atoms with E-state index in [1.165, 1.54) is 18.2 Å². The Labute approximate surface area is 146 Å². The van der Waals surface area contributed by atoms with Crippen LogP contribution in [0.1, 0.15) is 0 Å². The maximum atomic E-state index is 10.7. The molecule has 0 saturated heterocycles. The van der Waals surface area contributed by atoms with Gasteiger partial charge in [-0.1, -0.05) is 34.8 Å². The van der Waals surface area contributed by atoms with Crippen molar-refractivity contribution < 1.29 is 4.92 Å². The molecule has 2 aromatic carbocycles. The van der Waals surface area contributed by atoms with Gasteiger partial charge in [-0.3, -0.25) is 10.1 Å². The van der Waals surface area contributed by atoms with Gasteiger partial charge in [-0.25, -0.2) is 0 Å². The number of hydrogen-bond donors (Lipinski definition) is 2. The minimum Gasteiger partial charge on any atom is -0.332 e. The summed E-state index contributed by atoms with van der Waals surface area (Å²) >= 11 is 22.9. The smallest absolute Gasteiger partial charge is 0.271 e. The molecule has 9 heteroatoms. The van der Waals surface area contributed by atoms with Crippen molar-refractivity contribution in [1.82, 2.24) is 0 Å². The monoisotopic (exact) mass is 375 g/mol. The van der Waals surface area contributed by atoms with Gasteiger partial charge in [-0.05, 0) is 36.5 Å². The third kappa shape index (κ3) is 4.45. The van der Waals surface area contributed by atoms with Crippen molar-refractivity contribution in [3.8, 4) is 0 Å². The lowest BCUT2D eigenvalue weighted by atomic mass is 10.3. The van der Waals surface area contributed by atoms with Crippen molar-refractivity contribution in [3.05, 3.63) is 61.6 Å². The lowest BCUT2D eigenvalue weighted by Gasteiger charge is -2.12. The standard InChI is InChI=1S/C13H8Cl3N3O2S/c14-7-3-8(15)5-9(4-7)17-13(22)18-12-2-1-10(19(20)21)6-11(12)16/h1-6H,(H2,17,18,22). The largest absolute Gasteiger partial charge is 0.332 e. The van der Waals surface area contributed by atoms with E-state index in [4.69, 9.17) is 47.0 Å². The Morgan fingerprint density at radius 1 is 1.05 bits per heavy atom. The highest BCUT2D eigenvalue weighted by molar-refractivity contribution is 7.80. The van der Waals surface area contributed by atoms with E-state index in [1.54, 1.807) is 18.2 Å². The van der Waals surface area contributed by atoms with E-state index >= 15 is 0 Å². The minimum absolute atomic E-state index is 0.101. The Kier molecular flexibility index (Phi) is 5.42. The normalized spacial score (nSPS) is 10.1. The van der Waals surface area contributed by atoms with Gasteiger partial charge in [-0.15, -0.1) is 0 Å². The van der Waals surface area contributed by atoms with Gasteiger partial charge in [-0.2, -0.15) is 0 Å². The molecule has 0 aliphatic heterocycles. The first kappa shape index (κ1) is 16.8. The Morgan fingerprint density at radius 2 is 1.68 bits per heavy atom. The number of rotatable bonds is 3. The Bertz CT molecular complexity index is 735. The lowest BCUT2D eigenvalue weighted by molar-refractivity contribution is -0.384. The zero-order valence-electron chi connectivity index (χ0n) is 10.8. The number of anilines is 2. The number of nitro groups is 1. The minimum atomic E-state index is -0.528. The fourth-order valence-corrected chi connectivity index (χ4v) is 2.61. The predicted octanol–water partition coefficient (Wildman–Crippen LogP) is 5.36. The molecule has 2 aromatic rings. The maximum absolute atomic E-state index is 10.7. The van der Waals surface area contributed by atoms with E-state index in [0.29, 0.717) is 21.4 Å². The molecule has 22 heavy (non-hydrogen) atoms. The van der Waals surface area contributed by atoms with Crippen LogP contribution >= 0.6 is 47.0 Å². The van der Waals surface area contributed by atoms with Gasteiger partial charge in [0.1, 0.15) is 0 Å². The molecular formula is C13H8Cl3N3O2S. The zero-order chi connectivity index (χ0) is 16.3. The molecule has 0 heterocycles. The molecule has 0 amide bonds. The predicted molar refractivity (Wildman–Crippen MR) is 94.4 cm³/mol. The first-order chi connectivity index (χ1) is 10.3. The number of nitrogens with zero attached hydrogens (tertiary/aromatic N) is 1. The van der Waals surface area contributed by atoms with Gasteiger partial charge in [0.05, 0.1) is 15.6 Å². The Hall–Kier alpha value is -1.60. The number of non-ortho nitro benzene ring substituents is 1. The number of halogens is 3. The molecule has 114 valence electrons. The third-order valence-corrected chi connectivity index (χ3v) is 3.49. The number of nitro benzene ring substituents is 1. The number of hydrogen-bond acceptors (Lipinski definition) is 3. The van der Waals surface area contributed by atoms with Gasteiger partial charge in [0, 0.05) is 27.9 Å². The highest BCUT2D eigenvalue weighted by Gasteiger charge is 2.10. The van der Waals surface area contributed by atoms with Crippen LogP contribution in [-0.2, 0) is 0 Å². The van der Waals surface area contributed by atoms with Crippen molar-refractivity contribution in [2.45, 2.75) is 0 Å². The molecule has 0 aliphatic rings. The van der Waals surface area contributed by atoms with Crippen LogP contribution in [0.25, 0.3) is 0 Å². The highest BCUT2D eigenvalue weighted by Crippen LogP contribution is 2.27. The molecule has 0 aliphatic carbocycles. The molecule has 0 fully saturated rings. The van der Waals surface area contributed by atoms with Crippen LogP contribution in [0, 0.1) is 10.1 Å². The van der Waals surface area contributed by atoms with Crippen molar-refractivity contribution in [1.29, 1.82) is 0 Å². The van der Waals surface area contributed by atoms with Crippen LogP contribution in [0.2, 0.25) is 15.1 Å². The Balaban J connectivity index is 2.10. The van der Waals surface area contributed by atoms with Gasteiger partial charge in [0.25, 0.3) is 5.69 Å². The summed E-state index contributed by atoms with van der Waals surface area (Å²) in [5.74, 6) is 0. The third-order valence-electron chi connectivity index (χ3n) is 2.53. The van der Waals surface area contributed by atoms with Crippen LogP contribution < -0.4 is 10.6 Å². The summed E-state index contributed by atoms with van der Waals surface area (Å²) in [6.07, 6.45) is 0. The highest BCUT2D eigenvalue weighted by atomic mass is 35.5. The molecule has 0 aromatic heterocycles. The molecule has 0 bridgehead atoms. The second-order valence-electron chi connectivity index (χ2n) is 4.16. The van der Waals surface area contributed by atoms with Gasteiger partial charge >= 0.3 is 0 Å². The molecule has 2 rings (SSSR count). The summed E-state index contributed by atoms with van der Waals surface area (Å²) < 4.78 is 0. The second-order valence-corrected chi connectivity index (χ2v) is 5.85. The summed E-state index contributed by atoms with van der Waals surface area (Å²) in [7, 11) is 0. The molecule has 0 atom stereocenters. The van der Waals surface area contributed by atoms with Gasteiger partial charge in [0.2, 0.25) is 0 Å². The average Bonchev–Trinajstić information content (AvgIpc) is 2.39. The van der Waals surface area contributed by atoms with E-state index in [-0.39, 0.29) is 15.8 Å². The topological polar surface area (TPSA) is 67.2 Å². The SMILES string of the molecule is O=[N+]([O-])c1ccc(NC(=S)Nc2cc(Cl)cc(Cl)c2)c(Cl)c1. The van der Waals surface area contributed by atoms with Crippen LogP contribution in [0.5, 0.6) is 0 Å². The fraction of sp³-hybridized carbons (Fsp3) is 0. The Morgan fingerprint density at radius 3 is 2.23 bits per heavy atom. The molecule has 5 nitrogen and oxygen atoms in total. The van der Waals surface area contributed by atoms with E-state index in [9.17, 15) is 10.1 Å². The van der Waals surface area contributed by atoms with E-state index in [0.717, 1.165) is 0 Å². The summed E-state index contributed by atoms with van der Waals surface area (Å²) in [5.41, 5.74) is 0.946. The van der Waals surface area contributed by atoms with Crippen LogP contribution in [-0.4, -0.2) is 10.0 Å². The first-order valence-corrected chi connectivity index (χ1v) is 7.37. The molecular weight excluding hydrogens is 369 g/mol. The summed E-state index contributed by atoms with van der Waals surface area (Å²) in [6.45, 7) is 0.